The number of carbonyl (C=O) groups excluding carboxylic acids is 1. The zero-order chi connectivity index (χ0) is 24.8. The highest BCUT2D eigenvalue weighted by Crippen LogP contribution is 2.33. The predicted octanol–water partition coefficient (Wildman–Crippen LogP) is 5.60. The van der Waals surface area contributed by atoms with Gasteiger partial charge in [-0.15, -0.1) is 0 Å². The van der Waals surface area contributed by atoms with Crippen LogP contribution in [-0.4, -0.2) is 57.0 Å². The molecular weight excluding hydrogens is 436 g/mol. The van der Waals surface area contributed by atoms with Crippen LogP contribution in [0, 0.1) is 6.92 Å². The molecule has 1 aliphatic heterocycles. The van der Waals surface area contributed by atoms with Crippen molar-refractivity contribution in [1.29, 1.82) is 0 Å². The number of aryl methyl sites for hydroxylation is 1. The van der Waals surface area contributed by atoms with Gasteiger partial charge in [-0.2, -0.15) is 0 Å². The normalized spacial score (nSPS) is 22.5. The van der Waals surface area contributed by atoms with E-state index in [1.54, 1.807) is 13.0 Å². The highest BCUT2D eigenvalue weighted by Gasteiger charge is 2.44. The third-order valence-corrected chi connectivity index (χ3v) is 5.68. The fourth-order valence-electron chi connectivity index (χ4n) is 3.58. The highest BCUT2D eigenvalue weighted by molar-refractivity contribution is 5.72. The number of hydrogen-bond donors (Lipinski definition) is 0. The van der Waals surface area contributed by atoms with Crippen molar-refractivity contribution in [3.05, 3.63) is 23.8 Å². The van der Waals surface area contributed by atoms with Crippen molar-refractivity contribution >= 4 is 5.97 Å². The van der Waals surface area contributed by atoms with E-state index in [2.05, 4.69) is 20.8 Å². The first kappa shape index (κ1) is 28.6. The van der Waals surface area contributed by atoms with E-state index in [-0.39, 0.29) is 24.6 Å². The van der Waals surface area contributed by atoms with Crippen molar-refractivity contribution in [1.82, 2.24) is 0 Å². The molecule has 1 aliphatic rings. The zero-order valence-corrected chi connectivity index (χ0v) is 21.7. The lowest BCUT2D eigenvalue weighted by molar-refractivity contribution is -0.273. The average molecular weight is 481 g/mol. The van der Waals surface area contributed by atoms with Gasteiger partial charge in [0, 0.05) is 26.2 Å². The second kappa shape index (κ2) is 16.1. The minimum atomic E-state index is -0.713. The Bertz CT molecular complexity index is 708. The van der Waals surface area contributed by atoms with E-state index in [9.17, 15) is 4.79 Å². The lowest BCUT2D eigenvalue weighted by atomic mass is 10.0. The van der Waals surface area contributed by atoms with Gasteiger partial charge in [-0.05, 0) is 43.9 Å². The number of benzene rings is 1. The van der Waals surface area contributed by atoms with Gasteiger partial charge in [0.15, 0.2) is 11.5 Å². The highest BCUT2D eigenvalue weighted by atomic mass is 16.7. The van der Waals surface area contributed by atoms with Gasteiger partial charge < -0.3 is 28.4 Å². The Morgan fingerprint density at radius 3 is 2.12 bits per heavy atom. The molecule has 1 heterocycles. The Morgan fingerprint density at radius 1 is 0.882 bits per heavy atom. The summed E-state index contributed by atoms with van der Waals surface area (Å²) in [6.45, 7) is 12.3. The molecule has 194 valence electrons. The standard InChI is InChI=1S/C27H44O7/c1-6-10-15-29-23-19-32-27(26(31-17-12-8-3)25(23)30-16-11-7-2)34-22-18-20(5)13-14-21(22)33-24(28)9-4/h13-14,18,23,25-27H,6-12,15-17,19H2,1-5H3/t23-,25+,26-,27+/m1/s1. The van der Waals surface area contributed by atoms with E-state index >= 15 is 0 Å². The van der Waals surface area contributed by atoms with Crippen molar-refractivity contribution in [2.24, 2.45) is 0 Å². The zero-order valence-electron chi connectivity index (χ0n) is 21.7. The summed E-state index contributed by atoms with van der Waals surface area (Å²) in [6.07, 6.45) is 4.54. The van der Waals surface area contributed by atoms with Crippen LogP contribution in [0.3, 0.4) is 0 Å². The summed E-state index contributed by atoms with van der Waals surface area (Å²) < 4.78 is 36.7. The van der Waals surface area contributed by atoms with Crippen molar-refractivity contribution in [2.45, 2.75) is 104 Å². The van der Waals surface area contributed by atoms with Crippen molar-refractivity contribution in [3.8, 4) is 11.5 Å². The average Bonchev–Trinajstić information content (AvgIpc) is 2.83. The van der Waals surface area contributed by atoms with Gasteiger partial charge in [-0.1, -0.05) is 53.0 Å². The summed E-state index contributed by atoms with van der Waals surface area (Å²) >= 11 is 0. The number of ether oxygens (including phenoxy) is 6. The molecular formula is C27H44O7. The molecule has 0 unspecified atom stereocenters. The van der Waals surface area contributed by atoms with Gasteiger partial charge in [0.2, 0.25) is 6.29 Å². The maximum Gasteiger partial charge on any atom is 0.311 e. The quantitative estimate of drug-likeness (QED) is 0.173. The van der Waals surface area contributed by atoms with Crippen LogP contribution >= 0.6 is 0 Å². The number of unbranched alkanes of at least 4 members (excludes halogenated alkanes) is 3. The van der Waals surface area contributed by atoms with Crippen molar-refractivity contribution in [2.75, 3.05) is 26.4 Å². The van der Waals surface area contributed by atoms with E-state index < -0.39 is 12.4 Å². The Morgan fingerprint density at radius 2 is 1.50 bits per heavy atom. The van der Waals surface area contributed by atoms with Crippen molar-refractivity contribution < 1.29 is 33.2 Å². The fourth-order valence-corrected chi connectivity index (χ4v) is 3.58. The summed E-state index contributed by atoms with van der Waals surface area (Å²) in [5, 5.41) is 0. The van der Waals surface area contributed by atoms with Gasteiger partial charge in [0.1, 0.15) is 18.3 Å². The molecule has 4 atom stereocenters. The van der Waals surface area contributed by atoms with Crippen LogP contribution < -0.4 is 9.47 Å². The smallest absolute Gasteiger partial charge is 0.311 e. The van der Waals surface area contributed by atoms with Crippen LogP contribution in [0.2, 0.25) is 0 Å². The summed E-state index contributed by atoms with van der Waals surface area (Å²) in [5.41, 5.74) is 0.988. The minimum Gasteiger partial charge on any atom is -0.458 e. The molecule has 0 bridgehead atoms. The van der Waals surface area contributed by atoms with Crippen LogP contribution in [0.15, 0.2) is 18.2 Å². The lowest BCUT2D eigenvalue weighted by Gasteiger charge is -2.42. The molecule has 0 radical (unpaired) electrons. The van der Waals surface area contributed by atoms with Gasteiger partial charge in [-0.3, -0.25) is 4.79 Å². The molecule has 2 rings (SSSR count). The van der Waals surface area contributed by atoms with E-state index in [4.69, 9.17) is 28.4 Å². The van der Waals surface area contributed by atoms with Crippen LogP contribution in [0.25, 0.3) is 0 Å². The first-order chi connectivity index (χ1) is 16.5. The van der Waals surface area contributed by atoms with E-state index in [0.717, 1.165) is 44.1 Å². The monoisotopic (exact) mass is 480 g/mol. The van der Waals surface area contributed by atoms with E-state index in [0.29, 0.717) is 37.9 Å². The Labute approximate surface area is 205 Å². The van der Waals surface area contributed by atoms with E-state index in [1.807, 2.05) is 19.1 Å². The van der Waals surface area contributed by atoms with Crippen LogP contribution in [0.1, 0.15) is 78.2 Å². The third-order valence-electron chi connectivity index (χ3n) is 5.68. The Hall–Kier alpha value is -1.67. The SMILES string of the molecule is CCCCO[C@@H]1[C@@H](OCCCC)[C@H](Oc2cc(C)ccc2OC(=O)CC)OC[C@H]1OCCCC. The van der Waals surface area contributed by atoms with Gasteiger partial charge in [0.05, 0.1) is 6.61 Å². The largest absolute Gasteiger partial charge is 0.458 e. The molecule has 1 fully saturated rings. The predicted molar refractivity (Wildman–Crippen MR) is 131 cm³/mol. The first-order valence-corrected chi connectivity index (χ1v) is 13.0. The summed E-state index contributed by atoms with van der Waals surface area (Å²) in [6, 6.07) is 5.48. The fraction of sp³-hybridized carbons (Fsp3) is 0.741. The minimum absolute atomic E-state index is 0.232. The second-order valence-corrected chi connectivity index (χ2v) is 8.74. The number of hydrogen-bond acceptors (Lipinski definition) is 7. The molecule has 34 heavy (non-hydrogen) atoms. The van der Waals surface area contributed by atoms with Gasteiger partial charge in [0.25, 0.3) is 0 Å². The van der Waals surface area contributed by atoms with E-state index in [1.165, 1.54) is 0 Å². The molecule has 1 aromatic rings. The van der Waals surface area contributed by atoms with Crippen LogP contribution in [0.5, 0.6) is 11.5 Å². The number of carbonyl (C=O) groups is 1. The Kier molecular flexibility index (Phi) is 13.5. The van der Waals surface area contributed by atoms with Gasteiger partial charge in [-0.25, -0.2) is 0 Å². The van der Waals surface area contributed by atoms with Gasteiger partial charge >= 0.3 is 5.97 Å². The molecule has 1 saturated heterocycles. The summed E-state index contributed by atoms with van der Waals surface area (Å²) in [7, 11) is 0. The van der Waals surface area contributed by atoms with Crippen LogP contribution in [-0.2, 0) is 23.7 Å². The number of rotatable bonds is 16. The maximum atomic E-state index is 11.9. The second-order valence-electron chi connectivity index (χ2n) is 8.74. The van der Waals surface area contributed by atoms with Crippen LogP contribution in [0.4, 0.5) is 0 Å². The first-order valence-electron chi connectivity index (χ1n) is 13.0. The molecule has 0 aliphatic carbocycles. The summed E-state index contributed by atoms with van der Waals surface area (Å²) in [4.78, 5) is 11.9. The maximum absolute atomic E-state index is 11.9. The molecule has 0 aromatic heterocycles. The molecule has 1 aromatic carbocycles. The molecule has 0 N–H and O–H groups in total. The molecule has 0 spiro atoms. The molecule has 7 nitrogen and oxygen atoms in total. The third kappa shape index (κ3) is 9.17. The topological polar surface area (TPSA) is 72.5 Å². The molecule has 0 saturated carbocycles. The van der Waals surface area contributed by atoms with Crippen molar-refractivity contribution in [3.63, 3.8) is 0 Å². The molecule has 7 heteroatoms. The summed E-state index contributed by atoms with van der Waals surface area (Å²) in [5.74, 6) is 0.505. The Balaban J connectivity index is 2.26. The lowest BCUT2D eigenvalue weighted by Crippen LogP contribution is -2.58. The number of esters is 1. The molecule has 0 amide bonds.